The number of hydrogen-bond acceptors (Lipinski definition) is 25. The van der Waals surface area contributed by atoms with Gasteiger partial charge in [0.2, 0.25) is 30.9 Å². The van der Waals surface area contributed by atoms with Crippen molar-refractivity contribution in [3.05, 3.63) is 61.0 Å². The Balaban J connectivity index is 0.000000732. The molecule has 1 unspecified atom stereocenters. The lowest BCUT2D eigenvalue weighted by molar-refractivity contribution is -0.128. The van der Waals surface area contributed by atoms with Gasteiger partial charge in [-0.05, 0) is 188 Å². The quantitative estimate of drug-likeness (QED) is 0.0475. The maximum atomic E-state index is 12.4. The number of anilines is 1. The Morgan fingerprint density at radius 1 is 0.608 bits per heavy atom. The Morgan fingerprint density at radius 3 is 1.46 bits per heavy atom. The highest BCUT2D eigenvalue weighted by atomic mass is 35.5. The lowest BCUT2D eigenvalue weighted by Crippen LogP contribution is -2.42. The van der Waals surface area contributed by atoms with Crippen molar-refractivity contribution < 1.29 is 96.2 Å². The molecule has 4 aromatic heterocycles. The van der Waals surface area contributed by atoms with Crippen LogP contribution in [0.5, 0.6) is 0 Å². The maximum absolute atomic E-state index is 12.4. The molecule has 0 spiro atoms. The average Bonchev–Trinajstić information content (AvgIpc) is 1.63. The van der Waals surface area contributed by atoms with Gasteiger partial charge in [0.25, 0.3) is 0 Å². The summed E-state index contributed by atoms with van der Waals surface area (Å²) >= 11 is 8.11. The van der Waals surface area contributed by atoms with E-state index in [1.165, 1.54) is 30.7 Å². The number of rotatable bonds is 25. The fourth-order valence-electron chi connectivity index (χ4n) is 11.8. The molecule has 3 aliphatic rings. The van der Waals surface area contributed by atoms with Gasteiger partial charge in [0, 0.05) is 38.9 Å². The molecule has 2 fully saturated rings. The fourth-order valence-corrected chi connectivity index (χ4v) is 24.6. The number of thiazole rings is 2. The minimum Gasteiger partial charge on any atom is -0.443 e. The molecule has 2 amide bonds. The number of alkyl halides is 3. The van der Waals surface area contributed by atoms with Crippen molar-refractivity contribution in [2.75, 3.05) is 66.2 Å². The number of Topliss-reactive ketones (excluding diaryl/α,β-unsaturated/α-hetero) is 2. The number of ether oxygens (including phenoxy) is 1. The lowest BCUT2D eigenvalue weighted by atomic mass is 9.91. The smallest absolute Gasteiger partial charge is 0.443 e. The number of ketones is 2. The first kappa shape index (κ1) is 118. The van der Waals surface area contributed by atoms with Crippen LogP contribution in [0.15, 0.2) is 51.6 Å². The molecule has 41 heteroatoms. The zero-order valence-electron chi connectivity index (χ0n) is 79.7. The number of aliphatic imine (C=N–C) groups is 1. The van der Waals surface area contributed by atoms with Crippen LogP contribution in [0.3, 0.4) is 0 Å². The molecule has 7 heterocycles. The topological polar surface area (TPSA) is 390 Å². The van der Waals surface area contributed by atoms with Crippen LogP contribution in [-0.2, 0) is 104 Å². The van der Waals surface area contributed by atoms with Crippen LogP contribution >= 0.6 is 34.3 Å². The summed E-state index contributed by atoms with van der Waals surface area (Å²) in [4.78, 5) is 59.2. The molecule has 3 aliphatic heterocycles. The summed E-state index contributed by atoms with van der Waals surface area (Å²) in [5.74, 6) is 2.89. The number of aromatic nitrogens is 4. The molecule has 0 radical (unpaired) electrons. The Morgan fingerprint density at radius 2 is 1.07 bits per heavy atom. The van der Waals surface area contributed by atoms with Gasteiger partial charge in [-0.25, -0.2) is 69.7 Å². The minimum atomic E-state index is -4.89. The molecule has 0 bridgehead atoms. The first-order valence-corrected chi connectivity index (χ1v) is 54.8. The molecule has 0 saturated carbocycles. The van der Waals surface area contributed by atoms with Gasteiger partial charge in [-0.15, -0.1) is 22.7 Å². The standard InChI is InChI=1S/C14H23NO3S2.C13H24N2O5S.C13H23NO2S.C13H20O4S.C12H21ClN2O2S.C10H15F3N2OS2.C9H19NO2S/c1-10(16)9-12-15-11(2)13(19-12)20(17,18)8-6-7-14(3,4)5;1-12(2,3)9-10(16)14-7-8-15(21(14,18)19)11(17)20-13(4,5)6;1-10-9-14-11(2)12(10)17(15,16)8-6-7-13(3,4)5;1-10(14)11-6-7-12(17-11)18(15,16)9-5-8-13(2,3)4;1-9-10(11(13)15(5)14-9)18(16,17)8-6-7-12(2,3)4;1-9(2,3)5-7-6-17-8(14-7)15-18(4,16)10(11,12)13;1-9(2,3)5-7-10-6-4-8-13(10,11)12/h6-9H2,1-5H3;7-9H2,1-6H3;6-9H2,1-5H3;6-7H,5,8-9H2,1-4H3;6-8H2,1-5H3;6H,4-5H2,1-3H3,(H,14,15,16);4-8H2,1-3H3. The molecule has 722 valence electrons. The largest absolute Gasteiger partial charge is 0.481 e. The summed E-state index contributed by atoms with van der Waals surface area (Å²) in [6, 6.07) is 2.75. The molecule has 0 aromatic carbocycles. The molecule has 2 saturated heterocycles. The zero-order chi connectivity index (χ0) is 97.9. The van der Waals surface area contributed by atoms with Gasteiger partial charge in [-0.2, -0.15) is 31.0 Å². The average molecular weight is 1970 g/mol. The van der Waals surface area contributed by atoms with Crippen molar-refractivity contribution in [3.8, 4) is 0 Å². The van der Waals surface area contributed by atoms with Crippen LogP contribution in [-0.4, -0.2) is 195 Å². The summed E-state index contributed by atoms with van der Waals surface area (Å²) in [6.07, 6.45) is 7.79. The van der Waals surface area contributed by atoms with Crippen molar-refractivity contribution in [2.45, 2.75) is 316 Å². The van der Waals surface area contributed by atoms with E-state index < -0.39 is 92.4 Å². The van der Waals surface area contributed by atoms with E-state index in [4.69, 9.17) is 20.8 Å². The SMILES string of the molecule is C=S(=O)(Nc1nc(CC(C)(C)C)cs1)C(F)(F)F.CC(=O)Cc1nc(C)c(S(=O)(=O)CCCC(C)(C)C)s1.CC(=O)c1ccc(S(=O)(=O)CCCC(C)(C)C)o1.CC(C)(C)CC(=O)N1CCN(C(=O)OC(C)(C)C)S1(=O)=O.CC(C)(C)CCN1CCCS1(=O)=O.CC1=NCC(C)=C1S(=O)(=O)CCCC(C)(C)C.Cc1nn(C)c(Cl)c1S(=O)(=O)CCCC(C)(C)C. The monoisotopic (exact) mass is 1960 g/mol. The molecule has 1 N–H and O–H groups in total. The number of sulfonamides is 1. The van der Waals surface area contributed by atoms with E-state index in [9.17, 15) is 87.1 Å². The summed E-state index contributed by atoms with van der Waals surface area (Å²) in [6.45, 7) is 59.8. The molecule has 0 aliphatic carbocycles. The highest BCUT2D eigenvalue weighted by molar-refractivity contribution is 8.02. The third-order valence-corrected chi connectivity index (χ3v) is 33.8. The van der Waals surface area contributed by atoms with Gasteiger partial charge in [0.05, 0.1) is 82.5 Å². The molecule has 125 heavy (non-hydrogen) atoms. The zero-order valence-corrected chi connectivity index (χ0v) is 87.8. The van der Waals surface area contributed by atoms with Crippen LogP contribution in [0.4, 0.5) is 23.1 Å². The molecule has 4 aromatic rings. The number of aryl methyl sites for hydroxylation is 3. The number of nitrogens with one attached hydrogen (secondary N) is 1. The summed E-state index contributed by atoms with van der Waals surface area (Å²) in [7, 11) is -22.9. The molecular formula is C84H145ClF3N9O19S9. The van der Waals surface area contributed by atoms with E-state index in [2.05, 4.69) is 130 Å². The Kier molecular flexibility index (Phi) is 43.6. The predicted octanol–water partition coefficient (Wildman–Crippen LogP) is 18.7. The van der Waals surface area contributed by atoms with Crippen molar-refractivity contribution in [1.29, 1.82) is 0 Å². The molecule has 28 nitrogen and oxygen atoms in total. The van der Waals surface area contributed by atoms with E-state index in [1.807, 2.05) is 53.2 Å². The van der Waals surface area contributed by atoms with Gasteiger partial charge in [-0.3, -0.25) is 28.8 Å². The van der Waals surface area contributed by atoms with E-state index in [0.717, 1.165) is 84.0 Å². The van der Waals surface area contributed by atoms with E-state index in [-0.39, 0.29) is 124 Å². The van der Waals surface area contributed by atoms with Crippen molar-refractivity contribution in [2.24, 2.45) is 49.9 Å². The second-order valence-electron chi connectivity index (χ2n) is 41.1. The van der Waals surface area contributed by atoms with E-state index in [1.54, 1.807) is 58.3 Å². The highest BCUT2D eigenvalue weighted by Crippen LogP contribution is 2.35. The van der Waals surface area contributed by atoms with Crippen molar-refractivity contribution in [3.63, 3.8) is 0 Å². The Bertz CT molecular complexity index is 5150. The minimum absolute atomic E-state index is 0.00423. The van der Waals surface area contributed by atoms with Crippen LogP contribution < -0.4 is 4.72 Å². The number of hydrogen-bond donors (Lipinski definition) is 1. The molecule has 7 rings (SSSR count). The van der Waals surface area contributed by atoms with Crippen LogP contribution in [0.2, 0.25) is 5.15 Å². The van der Waals surface area contributed by atoms with Crippen LogP contribution in [0.25, 0.3) is 0 Å². The number of amides is 2. The van der Waals surface area contributed by atoms with Gasteiger partial charge < -0.3 is 9.15 Å². The number of carbonyl (C=O) groups excluding carboxylic acids is 4. The number of carbonyl (C=O) groups is 4. The second-order valence-corrected chi connectivity index (χ2v) is 57.7. The lowest BCUT2D eigenvalue weighted by Gasteiger charge is -2.25. The first-order chi connectivity index (χ1) is 55.8. The number of nitrogens with zero attached hydrogens (tertiary/aromatic N) is 8. The van der Waals surface area contributed by atoms with Gasteiger partial charge in [0.1, 0.15) is 40.4 Å². The van der Waals surface area contributed by atoms with Gasteiger partial charge >= 0.3 is 21.8 Å². The first-order valence-electron chi connectivity index (χ1n) is 41.3. The van der Waals surface area contributed by atoms with E-state index in [0.29, 0.717) is 85.7 Å². The third kappa shape index (κ3) is 44.5. The summed E-state index contributed by atoms with van der Waals surface area (Å²) in [5, 5.41) is 6.35. The highest BCUT2D eigenvalue weighted by Gasteiger charge is 2.46. The summed E-state index contributed by atoms with van der Waals surface area (Å²) in [5.41, 5.74) is -1.99. The number of furan rings is 1. The predicted molar refractivity (Wildman–Crippen MR) is 500 cm³/mol. The Hall–Kier alpha value is -5.20. The van der Waals surface area contributed by atoms with Crippen molar-refractivity contribution in [1.82, 2.24) is 32.7 Å². The third-order valence-electron chi connectivity index (χ3n) is 17.9. The summed E-state index contributed by atoms with van der Waals surface area (Å²) < 4.78 is 210. The van der Waals surface area contributed by atoms with E-state index >= 15 is 0 Å². The van der Waals surface area contributed by atoms with Crippen LogP contribution in [0.1, 0.15) is 297 Å². The van der Waals surface area contributed by atoms with Crippen LogP contribution in [0, 0.1) is 51.8 Å². The maximum Gasteiger partial charge on any atom is 0.481 e. The molecular weight excluding hydrogens is 1820 g/mol. The Labute approximate surface area is 760 Å². The van der Waals surface area contributed by atoms with Gasteiger partial charge in [-0.1, -0.05) is 157 Å². The number of allylic oxidation sites excluding steroid dienone is 1. The fraction of sp³-hybridized carbons (Fsp3) is 0.750. The van der Waals surface area contributed by atoms with Crippen molar-refractivity contribution >= 4 is 144 Å². The normalized spacial score (nSPS) is 16.1. The molecule has 1 atom stereocenters. The second kappa shape index (κ2) is 46.2. The number of halogens is 4. The van der Waals surface area contributed by atoms with Gasteiger partial charge in [0.15, 0.2) is 46.2 Å². The number of sulfone groups is 4.